The molecule has 14 heavy (non-hydrogen) atoms. The number of halogens is 6. The average Bonchev–Trinajstić information content (AvgIpc) is 2.01. The maximum atomic E-state index is 11.9. The summed E-state index contributed by atoms with van der Waals surface area (Å²) in [7, 11) is 0. The molecule has 1 aromatic heterocycles. The summed E-state index contributed by atoms with van der Waals surface area (Å²) in [5.74, 6) is 0. The van der Waals surface area contributed by atoms with Crippen LogP contribution in [0.3, 0.4) is 0 Å². The van der Waals surface area contributed by atoms with Crippen molar-refractivity contribution in [3.8, 4) is 0 Å². The van der Waals surface area contributed by atoms with Gasteiger partial charge in [-0.05, 0) is 0 Å². The SMILES string of the molecule is FC(F)(F)c1[c]n[c]c(C(F)(F)F)[c]1. The quantitative estimate of drug-likeness (QED) is 0.602. The number of hydrogen-bond donors (Lipinski definition) is 0. The second kappa shape index (κ2) is 3.14. The fourth-order valence-corrected chi connectivity index (χ4v) is 0.589. The minimum absolute atomic E-state index is 1.10. The van der Waals surface area contributed by atoms with Gasteiger partial charge in [-0.2, -0.15) is 26.3 Å². The van der Waals surface area contributed by atoms with Gasteiger partial charge in [-0.15, -0.1) is 0 Å². The van der Waals surface area contributed by atoms with Crippen LogP contribution in [0.5, 0.6) is 0 Å². The van der Waals surface area contributed by atoms with Crippen molar-refractivity contribution in [3.05, 3.63) is 29.6 Å². The van der Waals surface area contributed by atoms with Crippen molar-refractivity contribution in [2.75, 3.05) is 0 Å². The Labute approximate surface area is 74.4 Å². The van der Waals surface area contributed by atoms with E-state index in [-0.39, 0.29) is 0 Å². The molecule has 0 spiro atoms. The molecule has 0 fully saturated rings. The molecule has 3 radical (unpaired) electrons. The van der Waals surface area contributed by atoms with Crippen LogP contribution >= 0.6 is 0 Å². The highest BCUT2D eigenvalue weighted by Gasteiger charge is 2.37. The first-order chi connectivity index (χ1) is 6.21. The first-order valence-corrected chi connectivity index (χ1v) is 3.08. The Morgan fingerprint density at radius 1 is 0.786 bits per heavy atom. The van der Waals surface area contributed by atoms with Crippen molar-refractivity contribution < 1.29 is 26.3 Å². The molecule has 0 aliphatic carbocycles. The van der Waals surface area contributed by atoms with Crippen LogP contribution < -0.4 is 0 Å². The molecule has 1 rings (SSSR count). The van der Waals surface area contributed by atoms with E-state index in [2.05, 4.69) is 4.98 Å². The summed E-state index contributed by atoms with van der Waals surface area (Å²) in [5, 5.41) is 0. The lowest BCUT2D eigenvalue weighted by Gasteiger charge is -2.08. The summed E-state index contributed by atoms with van der Waals surface area (Å²) in [6.45, 7) is 0. The van der Waals surface area contributed by atoms with Crippen LogP contribution in [0.1, 0.15) is 11.1 Å². The van der Waals surface area contributed by atoms with Crippen molar-refractivity contribution in [1.82, 2.24) is 4.98 Å². The molecule has 0 atom stereocenters. The van der Waals surface area contributed by atoms with Gasteiger partial charge in [0.1, 0.15) is 12.4 Å². The van der Waals surface area contributed by atoms with Gasteiger partial charge in [-0.25, -0.2) is 4.98 Å². The molecule has 0 saturated carbocycles. The maximum absolute atomic E-state index is 11.9. The predicted octanol–water partition coefficient (Wildman–Crippen LogP) is 2.52. The van der Waals surface area contributed by atoms with Gasteiger partial charge in [0.05, 0.1) is 11.1 Å². The van der Waals surface area contributed by atoms with Gasteiger partial charge in [0.25, 0.3) is 0 Å². The molecule has 75 valence electrons. The Morgan fingerprint density at radius 2 is 1.14 bits per heavy atom. The third-order valence-electron chi connectivity index (χ3n) is 1.15. The fourth-order valence-electron chi connectivity index (χ4n) is 0.589. The second-order valence-corrected chi connectivity index (χ2v) is 2.21. The zero-order valence-corrected chi connectivity index (χ0v) is 6.22. The van der Waals surface area contributed by atoms with Gasteiger partial charge in [-0.3, -0.25) is 0 Å². The van der Waals surface area contributed by atoms with Crippen LogP contribution in [-0.2, 0) is 12.4 Å². The van der Waals surface area contributed by atoms with E-state index in [1.807, 2.05) is 0 Å². The zero-order chi connectivity index (χ0) is 11.0. The molecule has 0 bridgehead atoms. The molecule has 0 aliphatic rings. The van der Waals surface area contributed by atoms with Crippen LogP contribution in [0.4, 0.5) is 26.3 Å². The van der Waals surface area contributed by atoms with E-state index in [9.17, 15) is 26.3 Å². The lowest BCUT2D eigenvalue weighted by atomic mass is 10.2. The molecule has 0 amide bonds. The summed E-state index contributed by atoms with van der Waals surface area (Å²) in [6, 6.07) is 1.10. The van der Waals surface area contributed by atoms with Crippen LogP contribution in [0.15, 0.2) is 0 Å². The van der Waals surface area contributed by atoms with Crippen molar-refractivity contribution in [1.29, 1.82) is 0 Å². The Bertz CT molecular complexity index is 296. The van der Waals surface area contributed by atoms with E-state index in [1.54, 1.807) is 0 Å². The smallest absolute Gasteiger partial charge is 0.243 e. The number of rotatable bonds is 0. The number of alkyl halides is 6. The predicted molar refractivity (Wildman–Crippen MR) is 30.7 cm³/mol. The van der Waals surface area contributed by atoms with Crippen molar-refractivity contribution >= 4 is 0 Å². The highest BCUT2D eigenvalue weighted by Crippen LogP contribution is 2.33. The summed E-state index contributed by atoms with van der Waals surface area (Å²) >= 11 is 0. The van der Waals surface area contributed by atoms with E-state index >= 15 is 0 Å². The molecular weight excluding hydrogens is 212 g/mol. The summed E-state index contributed by atoms with van der Waals surface area (Å²) in [6.07, 6.45) is -7.22. The average molecular weight is 212 g/mol. The Morgan fingerprint density at radius 3 is 1.43 bits per heavy atom. The van der Waals surface area contributed by atoms with Gasteiger partial charge in [-0.1, -0.05) is 0 Å². The first kappa shape index (κ1) is 10.8. The molecule has 0 aliphatic heterocycles. The van der Waals surface area contributed by atoms with Crippen LogP contribution in [-0.4, -0.2) is 4.98 Å². The van der Waals surface area contributed by atoms with E-state index in [0.717, 1.165) is 6.07 Å². The molecular formula is C7F6N. The highest BCUT2D eigenvalue weighted by molar-refractivity contribution is 5.19. The molecule has 0 saturated heterocycles. The minimum atomic E-state index is -4.94. The van der Waals surface area contributed by atoms with E-state index in [0.29, 0.717) is 0 Å². The third-order valence-corrected chi connectivity index (χ3v) is 1.15. The summed E-state index contributed by atoms with van der Waals surface area (Å²) < 4.78 is 71.2. The van der Waals surface area contributed by atoms with Gasteiger partial charge in [0.15, 0.2) is 0 Å². The van der Waals surface area contributed by atoms with Crippen molar-refractivity contribution in [2.24, 2.45) is 0 Å². The number of hydrogen-bond acceptors (Lipinski definition) is 1. The molecule has 1 nitrogen and oxygen atoms in total. The largest absolute Gasteiger partial charge is 0.419 e. The van der Waals surface area contributed by atoms with Crippen molar-refractivity contribution in [2.45, 2.75) is 12.4 Å². The Kier molecular flexibility index (Phi) is 2.43. The van der Waals surface area contributed by atoms with E-state index < -0.39 is 23.5 Å². The van der Waals surface area contributed by atoms with Crippen LogP contribution in [0.25, 0.3) is 0 Å². The second-order valence-electron chi connectivity index (χ2n) is 2.21. The lowest BCUT2D eigenvalue weighted by Crippen LogP contribution is -2.12. The Balaban J connectivity index is 3.15. The Hall–Kier alpha value is -1.27. The van der Waals surface area contributed by atoms with E-state index in [4.69, 9.17) is 0 Å². The van der Waals surface area contributed by atoms with Crippen LogP contribution in [0.2, 0.25) is 0 Å². The molecule has 1 aromatic rings. The number of aromatic nitrogens is 1. The van der Waals surface area contributed by atoms with E-state index in [1.165, 1.54) is 12.4 Å². The summed E-state index contributed by atoms with van der Waals surface area (Å²) in [5.41, 5.74) is -3.38. The molecule has 7 heteroatoms. The minimum Gasteiger partial charge on any atom is -0.243 e. The highest BCUT2D eigenvalue weighted by atomic mass is 19.4. The lowest BCUT2D eigenvalue weighted by molar-refractivity contribution is -0.144. The van der Waals surface area contributed by atoms with Crippen LogP contribution in [0, 0.1) is 18.5 Å². The summed E-state index contributed by atoms with van der Waals surface area (Å²) in [4.78, 5) is 2.60. The zero-order valence-electron chi connectivity index (χ0n) is 6.22. The number of pyridine rings is 1. The fraction of sp³-hybridized carbons (Fsp3) is 0.286. The monoisotopic (exact) mass is 212 g/mol. The standard InChI is InChI=1S/C7F6N/c8-6(9,10)4-1-5(3-14-2-4)7(11,12)13. The van der Waals surface area contributed by atoms with Gasteiger partial charge in [0, 0.05) is 6.07 Å². The third kappa shape index (κ3) is 2.36. The normalized spacial score (nSPS) is 13.0. The first-order valence-electron chi connectivity index (χ1n) is 3.08. The molecule has 0 aromatic carbocycles. The number of nitrogens with zero attached hydrogens (tertiary/aromatic N) is 1. The topological polar surface area (TPSA) is 12.9 Å². The van der Waals surface area contributed by atoms with Gasteiger partial charge in [0.2, 0.25) is 0 Å². The van der Waals surface area contributed by atoms with Crippen molar-refractivity contribution in [3.63, 3.8) is 0 Å². The molecule has 0 N–H and O–H groups in total. The van der Waals surface area contributed by atoms with Gasteiger partial charge >= 0.3 is 12.4 Å². The molecule has 0 unspecified atom stereocenters. The maximum Gasteiger partial charge on any atom is 0.419 e. The van der Waals surface area contributed by atoms with Gasteiger partial charge < -0.3 is 0 Å². The molecule has 1 heterocycles.